The van der Waals surface area contributed by atoms with Crippen LogP contribution in [-0.2, 0) is 0 Å². The lowest BCUT2D eigenvalue weighted by Crippen LogP contribution is -2.23. The van der Waals surface area contributed by atoms with Crippen molar-refractivity contribution >= 4 is 11.9 Å². The van der Waals surface area contributed by atoms with E-state index in [1.165, 1.54) is 12.1 Å². The number of hydrogen-bond acceptors (Lipinski definition) is 4. The van der Waals surface area contributed by atoms with Crippen molar-refractivity contribution in [2.75, 3.05) is 0 Å². The molecule has 0 aromatic rings. The molecule has 0 heterocycles. The largest absolute Gasteiger partial charge is 0.545 e. The maximum atomic E-state index is 10.8. The Balaban J connectivity index is 2.79. The molecule has 16 heavy (non-hydrogen) atoms. The van der Waals surface area contributed by atoms with Crippen LogP contribution in [0.4, 0.5) is 0 Å². The molecule has 80 valence electrons. The molecule has 0 N–H and O–H groups in total. The normalized spacial score (nSPS) is 10.2. The molecule has 0 saturated heterocycles. The number of hydrogen-bond donors (Lipinski definition) is 0. The summed E-state index contributed by atoms with van der Waals surface area (Å²) in [6.07, 6.45) is 0. The van der Waals surface area contributed by atoms with Crippen molar-refractivity contribution < 1.29 is 19.8 Å². The van der Waals surface area contributed by atoms with Gasteiger partial charge in [-0.3, -0.25) is 0 Å². The highest BCUT2D eigenvalue weighted by Gasteiger charge is 2.15. The van der Waals surface area contributed by atoms with Crippen molar-refractivity contribution in [3.05, 3.63) is 47.5 Å². The minimum Gasteiger partial charge on any atom is -0.545 e. The van der Waals surface area contributed by atoms with Gasteiger partial charge in [0.1, 0.15) is 0 Å². The molecule has 0 aromatic heterocycles. The van der Waals surface area contributed by atoms with E-state index in [9.17, 15) is 19.8 Å². The van der Waals surface area contributed by atoms with E-state index >= 15 is 0 Å². The van der Waals surface area contributed by atoms with Crippen LogP contribution in [0.3, 0.4) is 0 Å². The molecular formula is C12H6O4-2. The molecular weight excluding hydrogens is 208 g/mol. The molecule has 0 amide bonds. The second-order valence-corrected chi connectivity index (χ2v) is 3.28. The summed E-state index contributed by atoms with van der Waals surface area (Å²) in [6.45, 7) is 0. The molecule has 2 aliphatic rings. The van der Waals surface area contributed by atoms with Gasteiger partial charge in [0.25, 0.3) is 0 Å². The number of carbonyl (C=O) groups excluding carboxylic acids is 2. The summed E-state index contributed by atoms with van der Waals surface area (Å²) in [4.78, 5) is 21.7. The monoisotopic (exact) mass is 214 g/mol. The maximum absolute atomic E-state index is 10.8. The molecule has 0 radical (unpaired) electrons. The van der Waals surface area contributed by atoms with E-state index < -0.39 is 11.9 Å². The second-order valence-electron chi connectivity index (χ2n) is 3.28. The van der Waals surface area contributed by atoms with Gasteiger partial charge in [-0.05, 0) is 17.2 Å². The Morgan fingerprint density at radius 2 is 1.25 bits per heavy atom. The van der Waals surface area contributed by atoms with E-state index in [4.69, 9.17) is 0 Å². The Labute approximate surface area is 91.1 Å². The van der Waals surface area contributed by atoms with Gasteiger partial charge in [0, 0.05) is 11.1 Å². The van der Waals surface area contributed by atoms with Gasteiger partial charge in [0.15, 0.2) is 0 Å². The topological polar surface area (TPSA) is 80.3 Å². The van der Waals surface area contributed by atoms with Gasteiger partial charge >= 0.3 is 0 Å². The Kier molecular flexibility index (Phi) is 2.32. The van der Waals surface area contributed by atoms with Crippen molar-refractivity contribution in [1.29, 1.82) is 0 Å². The van der Waals surface area contributed by atoms with Crippen molar-refractivity contribution in [3.8, 4) is 11.1 Å². The molecule has 0 atom stereocenters. The van der Waals surface area contributed by atoms with Crippen molar-refractivity contribution in [3.63, 3.8) is 0 Å². The predicted octanol–water partition coefficient (Wildman–Crippen LogP) is -0.482. The van der Waals surface area contributed by atoms with Crippen LogP contribution in [0.1, 0.15) is 20.7 Å². The van der Waals surface area contributed by atoms with Gasteiger partial charge in [-0.1, -0.05) is 30.3 Å². The molecule has 2 rings (SSSR count). The molecule has 0 bridgehead atoms. The summed E-state index contributed by atoms with van der Waals surface area (Å²) >= 11 is 0. The Hall–Kier alpha value is -2.36. The third-order valence-corrected chi connectivity index (χ3v) is 2.35. The van der Waals surface area contributed by atoms with Crippen LogP contribution in [0.5, 0.6) is 0 Å². The molecule has 0 fully saturated rings. The van der Waals surface area contributed by atoms with Crippen molar-refractivity contribution in [2.45, 2.75) is 0 Å². The van der Waals surface area contributed by atoms with Crippen LogP contribution in [0.15, 0.2) is 36.4 Å². The van der Waals surface area contributed by atoms with Crippen LogP contribution in [0.2, 0.25) is 0 Å². The zero-order valence-electron chi connectivity index (χ0n) is 8.10. The first-order chi connectivity index (χ1) is 7.61. The lowest BCUT2D eigenvalue weighted by Gasteiger charge is -2.02. The zero-order valence-corrected chi connectivity index (χ0v) is 8.10. The van der Waals surface area contributed by atoms with Crippen LogP contribution in [0.25, 0.3) is 11.1 Å². The van der Waals surface area contributed by atoms with Gasteiger partial charge in [-0.15, -0.1) is 0 Å². The third-order valence-electron chi connectivity index (χ3n) is 2.35. The third kappa shape index (κ3) is 1.50. The second kappa shape index (κ2) is 3.66. The quantitative estimate of drug-likeness (QED) is 0.676. The fourth-order valence-electron chi connectivity index (χ4n) is 1.65. The maximum Gasteiger partial charge on any atom is 0.0721 e. The lowest BCUT2D eigenvalue weighted by atomic mass is 10.1. The molecule has 0 aliphatic heterocycles. The first kappa shape index (κ1) is 10.2. The fraction of sp³-hybridized carbons (Fsp3) is 0. The van der Waals surface area contributed by atoms with Gasteiger partial charge in [-0.25, -0.2) is 0 Å². The molecule has 0 spiro atoms. The van der Waals surface area contributed by atoms with Crippen LogP contribution >= 0.6 is 0 Å². The van der Waals surface area contributed by atoms with Crippen LogP contribution < -0.4 is 10.2 Å². The minimum absolute atomic E-state index is 0.134. The van der Waals surface area contributed by atoms with Crippen molar-refractivity contribution in [2.24, 2.45) is 0 Å². The average Bonchev–Trinajstić information content (AvgIpc) is 2.41. The Morgan fingerprint density at radius 1 is 0.812 bits per heavy atom. The van der Waals surface area contributed by atoms with E-state index in [2.05, 4.69) is 0 Å². The van der Waals surface area contributed by atoms with Gasteiger partial charge in [0.05, 0.1) is 11.9 Å². The van der Waals surface area contributed by atoms with Gasteiger partial charge in [-0.2, -0.15) is 0 Å². The minimum atomic E-state index is -1.40. The molecule has 4 heteroatoms. The van der Waals surface area contributed by atoms with E-state index in [1.807, 2.05) is 0 Å². The van der Waals surface area contributed by atoms with E-state index in [0.29, 0.717) is 11.1 Å². The number of fused-ring (bicyclic) bond motifs is 1. The van der Waals surface area contributed by atoms with Crippen molar-refractivity contribution in [1.82, 2.24) is 0 Å². The molecule has 2 aliphatic carbocycles. The number of carboxylic acids is 2. The number of rotatable bonds is 2. The molecule has 0 unspecified atom stereocenters. The molecule has 0 saturated carbocycles. The highest BCUT2D eigenvalue weighted by atomic mass is 16.4. The summed E-state index contributed by atoms with van der Waals surface area (Å²) in [7, 11) is 0. The summed E-state index contributed by atoms with van der Waals surface area (Å²) in [5.74, 6) is -2.80. The number of aromatic carboxylic acids is 2. The standard InChI is InChI=1S/C12H8O4/c13-11(14)9-6-10(12(15)16)8-5-3-1-2-4-7(8)9/h1-6H,(H,13,14)(H,15,16)/p-2. The molecule has 0 aromatic carbocycles. The van der Waals surface area contributed by atoms with E-state index in [1.54, 1.807) is 18.2 Å². The van der Waals surface area contributed by atoms with E-state index in [-0.39, 0.29) is 11.1 Å². The number of carboxylic acid groups (broad SMARTS) is 2. The summed E-state index contributed by atoms with van der Waals surface area (Å²) in [5, 5.41) is 21.7. The first-order valence-electron chi connectivity index (χ1n) is 4.55. The smallest absolute Gasteiger partial charge is 0.0721 e. The van der Waals surface area contributed by atoms with Crippen LogP contribution in [-0.4, -0.2) is 11.9 Å². The Morgan fingerprint density at radius 3 is 1.62 bits per heavy atom. The summed E-state index contributed by atoms with van der Waals surface area (Å²) in [6, 6.07) is 9.08. The predicted molar refractivity (Wildman–Crippen MR) is 51.7 cm³/mol. The SMILES string of the molecule is O=C([O-])c1cc(C(=O)[O-])c2cccccc1-2. The average molecular weight is 214 g/mol. The zero-order chi connectivity index (χ0) is 11.7. The molecule has 4 nitrogen and oxygen atoms in total. The van der Waals surface area contributed by atoms with Gasteiger partial charge < -0.3 is 19.8 Å². The highest BCUT2D eigenvalue weighted by molar-refractivity contribution is 6.05. The first-order valence-corrected chi connectivity index (χ1v) is 4.55. The summed E-state index contributed by atoms with van der Waals surface area (Å²) in [5.41, 5.74) is 0.407. The van der Waals surface area contributed by atoms with Gasteiger partial charge in [0.2, 0.25) is 0 Å². The highest BCUT2D eigenvalue weighted by Crippen LogP contribution is 2.30. The Bertz CT molecular complexity index is 499. The summed E-state index contributed by atoms with van der Waals surface area (Å²) < 4.78 is 0. The lowest BCUT2D eigenvalue weighted by molar-refractivity contribution is -0.255. The van der Waals surface area contributed by atoms with Crippen LogP contribution in [0, 0.1) is 0 Å². The van der Waals surface area contributed by atoms with E-state index in [0.717, 1.165) is 6.07 Å². The number of carbonyl (C=O) groups is 2. The fourth-order valence-corrected chi connectivity index (χ4v) is 1.65.